The summed E-state index contributed by atoms with van der Waals surface area (Å²) < 4.78 is 12.8. The Bertz CT molecular complexity index is 456. The van der Waals surface area contributed by atoms with Crippen molar-refractivity contribution in [1.29, 1.82) is 0 Å². The Balaban J connectivity index is 2.31. The number of Topliss-reactive ketones (excluding diaryl/α,β-unsaturated/α-hetero) is 1. The molecule has 0 heterocycles. The summed E-state index contributed by atoms with van der Waals surface area (Å²) in [6, 6.07) is 5.43. The number of hydrogen-bond acceptors (Lipinski definition) is 2. The molecular formula is C17H24FNO2. The van der Waals surface area contributed by atoms with Crippen molar-refractivity contribution in [1.82, 2.24) is 4.90 Å². The number of amides is 1. The summed E-state index contributed by atoms with van der Waals surface area (Å²) in [4.78, 5) is 25.5. The van der Waals surface area contributed by atoms with Crippen LogP contribution in [0.5, 0.6) is 0 Å². The molecule has 0 spiro atoms. The molecule has 1 aromatic carbocycles. The van der Waals surface area contributed by atoms with Crippen LogP contribution < -0.4 is 0 Å². The number of rotatable bonds is 9. The smallest absolute Gasteiger partial charge is 0.222 e. The van der Waals surface area contributed by atoms with Crippen LogP contribution in [0.3, 0.4) is 0 Å². The summed E-state index contributed by atoms with van der Waals surface area (Å²) in [5.41, 5.74) is 0.454. The minimum absolute atomic E-state index is 0.0121. The predicted molar refractivity (Wildman–Crippen MR) is 81.7 cm³/mol. The van der Waals surface area contributed by atoms with E-state index < -0.39 is 0 Å². The largest absolute Gasteiger partial charge is 0.346 e. The van der Waals surface area contributed by atoms with E-state index in [0.717, 1.165) is 19.4 Å². The lowest BCUT2D eigenvalue weighted by atomic mass is 10.1. The Morgan fingerprint density at radius 1 is 1.05 bits per heavy atom. The Kier molecular flexibility index (Phi) is 7.65. The van der Waals surface area contributed by atoms with Gasteiger partial charge in [0.05, 0.1) is 0 Å². The minimum atomic E-state index is -0.366. The molecule has 0 atom stereocenters. The Morgan fingerprint density at radius 3 is 2.33 bits per heavy atom. The number of carbonyl (C=O) groups excluding carboxylic acids is 2. The zero-order valence-electron chi connectivity index (χ0n) is 12.9. The second-order valence-electron chi connectivity index (χ2n) is 5.31. The standard InChI is InChI=1S/C17H24FNO2/c1-3-4-5-6-13-19(2)17(21)12-11-16(20)14-7-9-15(18)10-8-14/h7-10H,3-6,11-13H2,1-2H3. The molecular weight excluding hydrogens is 269 g/mol. The number of benzene rings is 1. The van der Waals surface area contributed by atoms with Gasteiger partial charge in [0.1, 0.15) is 5.82 Å². The predicted octanol–water partition coefficient (Wildman–Crippen LogP) is 3.83. The molecule has 0 bridgehead atoms. The Hall–Kier alpha value is -1.71. The summed E-state index contributed by atoms with van der Waals surface area (Å²) in [5.74, 6) is -0.501. The number of ketones is 1. The SMILES string of the molecule is CCCCCCN(C)C(=O)CCC(=O)c1ccc(F)cc1. The van der Waals surface area contributed by atoms with Crippen LogP contribution in [-0.4, -0.2) is 30.2 Å². The third kappa shape index (κ3) is 6.52. The second kappa shape index (κ2) is 9.27. The maximum Gasteiger partial charge on any atom is 0.222 e. The highest BCUT2D eigenvalue weighted by molar-refractivity contribution is 5.97. The van der Waals surface area contributed by atoms with E-state index >= 15 is 0 Å². The molecule has 0 radical (unpaired) electrons. The van der Waals surface area contributed by atoms with E-state index in [9.17, 15) is 14.0 Å². The summed E-state index contributed by atoms with van der Waals surface area (Å²) in [7, 11) is 1.77. The van der Waals surface area contributed by atoms with Crippen molar-refractivity contribution in [3.8, 4) is 0 Å². The molecule has 0 aromatic heterocycles. The van der Waals surface area contributed by atoms with Crippen LogP contribution in [0, 0.1) is 5.82 Å². The minimum Gasteiger partial charge on any atom is -0.346 e. The normalized spacial score (nSPS) is 10.4. The van der Waals surface area contributed by atoms with Crippen LogP contribution in [0.1, 0.15) is 55.8 Å². The van der Waals surface area contributed by atoms with Crippen LogP contribution in [-0.2, 0) is 4.79 Å². The fraction of sp³-hybridized carbons (Fsp3) is 0.529. The van der Waals surface area contributed by atoms with E-state index in [1.807, 2.05) is 0 Å². The van der Waals surface area contributed by atoms with Crippen molar-refractivity contribution in [3.63, 3.8) is 0 Å². The molecule has 0 saturated carbocycles. The van der Waals surface area contributed by atoms with Crippen LogP contribution in [0.25, 0.3) is 0 Å². The van der Waals surface area contributed by atoms with Gasteiger partial charge in [-0.1, -0.05) is 26.2 Å². The lowest BCUT2D eigenvalue weighted by molar-refractivity contribution is -0.129. The van der Waals surface area contributed by atoms with Crippen LogP contribution in [0.15, 0.2) is 24.3 Å². The van der Waals surface area contributed by atoms with Gasteiger partial charge in [0.15, 0.2) is 5.78 Å². The summed E-state index contributed by atoms with van der Waals surface area (Å²) >= 11 is 0. The second-order valence-corrected chi connectivity index (χ2v) is 5.31. The van der Waals surface area contributed by atoms with E-state index in [1.165, 1.54) is 37.1 Å². The molecule has 0 fully saturated rings. The number of nitrogens with zero attached hydrogens (tertiary/aromatic N) is 1. The van der Waals surface area contributed by atoms with Gasteiger partial charge in [-0.05, 0) is 30.7 Å². The Labute approximate surface area is 126 Å². The average molecular weight is 293 g/mol. The maximum atomic E-state index is 12.8. The summed E-state index contributed by atoms with van der Waals surface area (Å²) in [6.45, 7) is 2.89. The highest BCUT2D eigenvalue weighted by Crippen LogP contribution is 2.09. The maximum absolute atomic E-state index is 12.8. The van der Waals surface area contributed by atoms with Gasteiger partial charge < -0.3 is 4.90 Å². The number of halogens is 1. The summed E-state index contributed by atoms with van der Waals surface area (Å²) in [5, 5.41) is 0. The molecule has 1 aromatic rings. The van der Waals surface area contributed by atoms with E-state index in [1.54, 1.807) is 11.9 Å². The molecule has 0 aliphatic heterocycles. The lowest BCUT2D eigenvalue weighted by Crippen LogP contribution is -2.28. The van der Waals surface area contributed by atoms with Crippen LogP contribution in [0.2, 0.25) is 0 Å². The van der Waals surface area contributed by atoms with Gasteiger partial charge in [-0.3, -0.25) is 9.59 Å². The molecule has 0 aliphatic carbocycles. The first-order chi connectivity index (χ1) is 10.0. The van der Waals surface area contributed by atoms with Crippen LogP contribution >= 0.6 is 0 Å². The van der Waals surface area contributed by atoms with Gasteiger partial charge in [-0.15, -0.1) is 0 Å². The van der Waals surface area contributed by atoms with Gasteiger partial charge in [0, 0.05) is 32.0 Å². The lowest BCUT2D eigenvalue weighted by Gasteiger charge is -2.16. The van der Waals surface area contributed by atoms with Gasteiger partial charge >= 0.3 is 0 Å². The molecule has 1 rings (SSSR count). The van der Waals surface area contributed by atoms with E-state index in [-0.39, 0.29) is 30.3 Å². The molecule has 0 aliphatic rings. The van der Waals surface area contributed by atoms with E-state index in [0.29, 0.717) is 5.56 Å². The quantitative estimate of drug-likeness (QED) is 0.512. The molecule has 0 unspecified atom stereocenters. The number of carbonyl (C=O) groups is 2. The summed E-state index contributed by atoms with van der Waals surface area (Å²) in [6.07, 6.45) is 4.86. The first-order valence-corrected chi connectivity index (χ1v) is 7.57. The molecule has 1 amide bonds. The van der Waals surface area contributed by atoms with Crippen molar-refractivity contribution < 1.29 is 14.0 Å². The van der Waals surface area contributed by atoms with Gasteiger partial charge in [-0.25, -0.2) is 4.39 Å². The highest BCUT2D eigenvalue weighted by atomic mass is 19.1. The molecule has 3 nitrogen and oxygen atoms in total. The average Bonchev–Trinajstić information content (AvgIpc) is 2.49. The fourth-order valence-electron chi connectivity index (χ4n) is 2.09. The zero-order chi connectivity index (χ0) is 15.7. The Morgan fingerprint density at radius 2 is 1.71 bits per heavy atom. The molecule has 21 heavy (non-hydrogen) atoms. The van der Waals surface area contributed by atoms with Crippen molar-refractivity contribution in [3.05, 3.63) is 35.6 Å². The topological polar surface area (TPSA) is 37.4 Å². The molecule has 0 N–H and O–H groups in total. The first kappa shape index (κ1) is 17.3. The third-order valence-electron chi connectivity index (χ3n) is 3.50. The van der Waals surface area contributed by atoms with Gasteiger partial charge in [0.2, 0.25) is 5.91 Å². The molecule has 116 valence electrons. The van der Waals surface area contributed by atoms with Crippen LogP contribution in [0.4, 0.5) is 4.39 Å². The van der Waals surface area contributed by atoms with Crippen molar-refractivity contribution >= 4 is 11.7 Å². The van der Waals surface area contributed by atoms with Gasteiger partial charge in [0.25, 0.3) is 0 Å². The molecule has 4 heteroatoms. The van der Waals surface area contributed by atoms with Crippen molar-refractivity contribution in [2.45, 2.75) is 45.4 Å². The number of hydrogen-bond donors (Lipinski definition) is 0. The highest BCUT2D eigenvalue weighted by Gasteiger charge is 2.12. The third-order valence-corrected chi connectivity index (χ3v) is 3.50. The first-order valence-electron chi connectivity index (χ1n) is 7.57. The van der Waals surface area contributed by atoms with Gasteiger partial charge in [-0.2, -0.15) is 0 Å². The zero-order valence-corrected chi connectivity index (χ0v) is 12.9. The van der Waals surface area contributed by atoms with Crippen molar-refractivity contribution in [2.24, 2.45) is 0 Å². The number of unbranched alkanes of at least 4 members (excludes halogenated alkanes) is 3. The monoisotopic (exact) mass is 293 g/mol. The molecule has 0 saturated heterocycles. The fourth-order valence-corrected chi connectivity index (χ4v) is 2.09. The van der Waals surface area contributed by atoms with E-state index in [2.05, 4.69) is 6.92 Å². The van der Waals surface area contributed by atoms with Crippen molar-refractivity contribution in [2.75, 3.05) is 13.6 Å². The van der Waals surface area contributed by atoms with E-state index in [4.69, 9.17) is 0 Å².